The lowest BCUT2D eigenvalue weighted by molar-refractivity contribution is -0.117. The molecule has 1 N–H and O–H groups in total. The Morgan fingerprint density at radius 3 is 2.60 bits per heavy atom. The van der Waals surface area contributed by atoms with Gasteiger partial charge in [0.05, 0.1) is 42.2 Å². The first-order chi connectivity index (χ1) is 20.4. The van der Waals surface area contributed by atoms with Gasteiger partial charge in [-0.25, -0.2) is 4.98 Å². The van der Waals surface area contributed by atoms with Crippen molar-refractivity contribution in [3.8, 4) is 17.2 Å². The largest absolute Gasteiger partial charge is 0.503 e. The van der Waals surface area contributed by atoms with Crippen molar-refractivity contribution in [3.63, 3.8) is 0 Å². The average molecular weight is 585 g/mol. The molecule has 2 heterocycles. The highest BCUT2D eigenvalue weighted by Gasteiger charge is 2.45. The number of carbonyl (C=O) groups excluding carboxylic acids is 2. The lowest BCUT2D eigenvalue weighted by Gasteiger charge is -2.25. The van der Waals surface area contributed by atoms with Crippen molar-refractivity contribution in [2.24, 2.45) is 0 Å². The van der Waals surface area contributed by atoms with Crippen LogP contribution >= 0.6 is 11.3 Å². The van der Waals surface area contributed by atoms with E-state index in [4.69, 9.17) is 14.2 Å². The van der Waals surface area contributed by atoms with E-state index in [9.17, 15) is 14.7 Å². The van der Waals surface area contributed by atoms with Gasteiger partial charge in [0.1, 0.15) is 5.75 Å². The molecule has 1 amide bonds. The van der Waals surface area contributed by atoms with Gasteiger partial charge in [0.25, 0.3) is 5.91 Å². The number of aliphatic hydroxyl groups is 1. The summed E-state index contributed by atoms with van der Waals surface area (Å²) < 4.78 is 18.0. The third-order valence-corrected chi connectivity index (χ3v) is 7.85. The Kier molecular flexibility index (Phi) is 8.88. The third kappa shape index (κ3) is 5.87. The third-order valence-electron chi connectivity index (χ3n) is 6.83. The number of fused-ring (bicyclic) bond motifs is 1. The number of hydrogen-bond donors (Lipinski definition) is 1. The fourth-order valence-electron chi connectivity index (χ4n) is 4.73. The highest BCUT2D eigenvalue weighted by Crippen LogP contribution is 2.45. The molecule has 1 aromatic heterocycles. The summed E-state index contributed by atoms with van der Waals surface area (Å²) in [5.74, 6) is -0.0803. The first-order valence-corrected chi connectivity index (χ1v) is 14.6. The maximum Gasteiger partial charge on any atom is 0.296 e. The van der Waals surface area contributed by atoms with Crippen molar-refractivity contribution in [1.29, 1.82) is 0 Å². The summed E-state index contributed by atoms with van der Waals surface area (Å²) >= 11 is 1.27. The topological polar surface area (TPSA) is 98.2 Å². The lowest BCUT2D eigenvalue weighted by atomic mass is 9.95. The summed E-state index contributed by atoms with van der Waals surface area (Å²) in [7, 11) is 1.58. The molecule has 0 aliphatic carbocycles. The van der Waals surface area contributed by atoms with Gasteiger partial charge in [-0.1, -0.05) is 67.2 Å². The van der Waals surface area contributed by atoms with Gasteiger partial charge in [0.2, 0.25) is 0 Å². The minimum atomic E-state index is -0.947. The molecule has 1 aliphatic heterocycles. The van der Waals surface area contributed by atoms with Gasteiger partial charge in [0, 0.05) is 0 Å². The van der Waals surface area contributed by atoms with E-state index < -0.39 is 23.5 Å². The molecule has 0 bridgehead atoms. The molecule has 8 nitrogen and oxygen atoms in total. The molecule has 1 aliphatic rings. The summed E-state index contributed by atoms with van der Waals surface area (Å²) in [5.41, 5.74) is 2.02. The van der Waals surface area contributed by atoms with Crippen LogP contribution in [0.4, 0.5) is 5.13 Å². The number of methoxy groups -OCH3 is 1. The summed E-state index contributed by atoms with van der Waals surface area (Å²) in [5, 5.41) is 11.5. The number of nitrogens with zero attached hydrogens (tertiary/aromatic N) is 2. The Morgan fingerprint density at radius 2 is 1.86 bits per heavy atom. The van der Waals surface area contributed by atoms with E-state index in [0.29, 0.717) is 46.7 Å². The number of unbranched alkanes of at least 4 members (excludes halogenated alkanes) is 1. The number of rotatable bonds is 12. The van der Waals surface area contributed by atoms with Gasteiger partial charge < -0.3 is 19.3 Å². The average Bonchev–Trinajstić information content (AvgIpc) is 3.54. The number of ketones is 1. The molecule has 0 radical (unpaired) electrons. The molecule has 9 heteroatoms. The van der Waals surface area contributed by atoms with Crippen LogP contribution in [0.3, 0.4) is 0 Å². The number of amides is 1. The minimum absolute atomic E-state index is 0.0360. The zero-order chi connectivity index (χ0) is 29.6. The molecule has 5 rings (SSSR count). The Balaban J connectivity index is 1.60. The van der Waals surface area contributed by atoms with Gasteiger partial charge in [-0.3, -0.25) is 14.5 Å². The standard InChI is InChI=1S/C33H32N2O6S/c1-4-6-18-41-26-17-13-22(19-27(26)40-5-2)30-29(25(36)16-12-21-10-8-7-9-11-21)31(37)32(38)35(30)33-34-24-15-14-23(39-3)20-28(24)42-33/h7-17,19-20,30,37H,4-6,18H2,1-3H3. The maximum absolute atomic E-state index is 13.7. The van der Waals surface area contributed by atoms with Crippen LogP contribution in [-0.4, -0.2) is 42.1 Å². The Morgan fingerprint density at radius 1 is 1.05 bits per heavy atom. The fraction of sp³-hybridized carbons (Fsp3) is 0.242. The molecular weight excluding hydrogens is 552 g/mol. The molecule has 0 saturated carbocycles. The van der Waals surface area contributed by atoms with Crippen LogP contribution in [0.1, 0.15) is 43.9 Å². The SMILES string of the molecule is CCCCOc1ccc(C2C(C(=O)C=Cc3ccccc3)=C(O)C(=O)N2c2nc3ccc(OC)cc3s2)cc1OCC. The molecule has 4 aromatic rings. The number of aromatic nitrogens is 1. The summed E-state index contributed by atoms with van der Waals surface area (Å²) in [4.78, 5) is 33.4. The van der Waals surface area contributed by atoms with E-state index in [0.717, 1.165) is 23.1 Å². The number of thiazole rings is 1. The van der Waals surface area contributed by atoms with Crippen LogP contribution in [0, 0.1) is 0 Å². The van der Waals surface area contributed by atoms with Crippen molar-refractivity contribution in [3.05, 3.63) is 95.3 Å². The number of carbonyl (C=O) groups is 2. The van der Waals surface area contributed by atoms with Gasteiger partial charge in [-0.15, -0.1) is 0 Å². The van der Waals surface area contributed by atoms with Crippen LogP contribution in [0.25, 0.3) is 16.3 Å². The fourth-order valence-corrected chi connectivity index (χ4v) is 5.75. The van der Waals surface area contributed by atoms with Crippen LogP contribution in [-0.2, 0) is 9.59 Å². The van der Waals surface area contributed by atoms with Crippen molar-refractivity contribution in [2.45, 2.75) is 32.7 Å². The first kappa shape index (κ1) is 28.9. The summed E-state index contributed by atoms with van der Waals surface area (Å²) in [6.45, 7) is 4.89. The van der Waals surface area contributed by atoms with Crippen molar-refractivity contribution in [2.75, 3.05) is 25.2 Å². The van der Waals surface area contributed by atoms with E-state index in [-0.39, 0.29) is 5.57 Å². The smallest absolute Gasteiger partial charge is 0.296 e. The normalized spacial score (nSPS) is 15.2. The van der Waals surface area contributed by atoms with Crippen LogP contribution in [0.2, 0.25) is 0 Å². The Bertz CT molecular complexity index is 1660. The molecule has 42 heavy (non-hydrogen) atoms. The van der Waals surface area contributed by atoms with Crippen molar-refractivity contribution in [1.82, 2.24) is 4.98 Å². The Labute approximate surface area is 248 Å². The summed E-state index contributed by atoms with van der Waals surface area (Å²) in [6.07, 6.45) is 4.91. The predicted molar refractivity (Wildman–Crippen MR) is 165 cm³/mol. The highest BCUT2D eigenvalue weighted by atomic mass is 32.1. The Hall–Kier alpha value is -4.63. The number of benzene rings is 3. The predicted octanol–water partition coefficient (Wildman–Crippen LogP) is 7.07. The molecule has 1 atom stereocenters. The van der Waals surface area contributed by atoms with Gasteiger partial charge in [-0.2, -0.15) is 0 Å². The van der Waals surface area contributed by atoms with E-state index in [1.165, 1.54) is 22.3 Å². The quantitative estimate of drug-likeness (QED) is 0.141. The second-order valence-electron chi connectivity index (χ2n) is 9.62. The highest BCUT2D eigenvalue weighted by molar-refractivity contribution is 7.22. The zero-order valence-corrected chi connectivity index (χ0v) is 24.5. The lowest BCUT2D eigenvalue weighted by Crippen LogP contribution is -2.30. The number of hydrogen-bond acceptors (Lipinski definition) is 8. The van der Waals surface area contributed by atoms with Gasteiger partial charge >= 0.3 is 0 Å². The van der Waals surface area contributed by atoms with E-state index >= 15 is 0 Å². The second-order valence-corrected chi connectivity index (χ2v) is 10.6. The number of ether oxygens (including phenoxy) is 3. The van der Waals surface area contributed by atoms with Crippen molar-refractivity contribution < 1.29 is 28.9 Å². The molecule has 3 aromatic carbocycles. The molecular formula is C33H32N2O6S. The molecule has 0 spiro atoms. The van der Waals surface area contributed by atoms with Crippen LogP contribution in [0.15, 0.2) is 84.1 Å². The zero-order valence-electron chi connectivity index (χ0n) is 23.7. The molecule has 0 saturated heterocycles. The van der Waals surface area contributed by atoms with E-state index in [2.05, 4.69) is 11.9 Å². The maximum atomic E-state index is 13.7. The molecule has 1 unspecified atom stereocenters. The number of allylic oxidation sites excluding steroid dienone is 1. The number of anilines is 1. The van der Waals surface area contributed by atoms with Gasteiger partial charge in [-0.05, 0) is 60.9 Å². The van der Waals surface area contributed by atoms with E-state index in [1.54, 1.807) is 43.5 Å². The van der Waals surface area contributed by atoms with Crippen LogP contribution in [0.5, 0.6) is 17.2 Å². The van der Waals surface area contributed by atoms with Crippen molar-refractivity contribution >= 4 is 44.5 Å². The molecule has 0 fully saturated rings. The molecule has 216 valence electrons. The number of aliphatic hydroxyl groups excluding tert-OH is 1. The minimum Gasteiger partial charge on any atom is -0.503 e. The second kappa shape index (κ2) is 12.9. The van der Waals surface area contributed by atoms with E-state index in [1.807, 2.05) is 43.3 Å². The van der Waals surface area contributed by atoms with Gasteiger partial charge in [0.15, 0.2) is 28.2 Å². The monoisotopic (exact) mass is 584 g/mol. The first-order valence-electron chi connectivity index (χ1n) is 13.8. The summed E-state index contributed by atoms with van der Waals surface area (Å²) in [6, 6.07) is 19.2. The van der Waals surface area contributed by atoms with Crippen LogP contribution < -0.4 is 19.1 Å².